The van der Waals surface area contributed by atoms with Gasteiger partial charge in [-0.25, -0.2) is 21.1 Å². The molecule has 9 aliphatic carbocycles. The van der Waals surface area contributed by atoms with Crippen molar-refractivity contribution in [2.24, 2.45) is 124 Å². The lowest BCUT2D eigenvalue weighted by atomic mass is 9.60. The van der Waals surface area contributed by atoms with E-state index in [0.717, 1.165) is 173 Å². The third-order valence-electron chi connectivity index (χ3n) is 30.9. The molecule has 752 valence electrons. The molecule has 5 aromatic rings. The van der Waals surface area contributed by atoms with Crippen LogP contribution in [0.5, 0.6) is 0 Å². The maximum absolute atomic E-state index is 13.7. The zero-order chi connectivity index (χ0) is 99.4. The Morgan fingerprint density at radius 3 is 1.09 bits per heavy atom. The third-order valence-corrected chi connectivity index (χ3v) is 30.9. The number of nitrogens with zero attached hydrogens (tertiary/aromatic N) is 13. The normalized spacial score (nSPS) is 22.3. The van der Waals surface area contributed by atoms with Crippen LogP contribution < -0.4 is 32.2 Å². The number of carbonyl (C=O) groups excluding carboxylic acids is 12. The molecular weight excluding hydrogens is 1740 g/mol. The SMILES string of the molecule is CCNC(=O)C1CCC(CCC(=O)N/N=C(\C(=O)Cc2ccn(C)n2)C2(C)CCC2)CC1.CCNC(=O)C1CCC(CNC(=O)N/N=C(\C(=O)Cc2ccn(C)n2)C2(CC(=O)[C@@H](C)CC3(C)CCCC3)CCC2)CC1.Cn1ccc(CC(=O)/C(=N\NC(=O)CCC2CCC(C(=O)O)CC2)C2(C)CCC2)n1.Cn1ccc(CC(=O)C(=O)C2(C)CCC2)n1.Cn1ccc(CC(=O)C(O)C2(C)CCC2)n1. The first-order valence-corrected chi connectivity index (χ1v) is 50.6. The number of nitrogens with one attached hydrogen (secondary N) is 6. The third kappa shape index (κ3) is 31.7. The highest BCUT2D eigenvalue weighted by molar-refractivity contribution is 6.44. The van der Waals surface area contributed by atoms with Gasteiger partial charge in [-0.15, -0.1) is 0 Å². The summed E-state index contributed by atoms with van der Waals surface area (Å²) in [6.07, 6.45) is 41.1. The van der Waals surface area contributed by atoms with Crippen LogP contribution in [0.15, 0.2) is 76.6 Å². The maximum Gasteiger partial charge on any atom is 0.335 e. The van der Waals surface area contributed by atoms with Gasteiger partial charge in [-0.3, -0.25) is 80.9 Å². The number of hydrogen-bond donors (Lipinski definition) is 8. The molecule has 2 atom stereocenters. The van der Waals surface area contributed by atoms with Crippen LogP contribution in [0.25, 0.3) is 0 Å². The Balaban J connectivity index is 0.000000185. The Bertz CT molecular complexity index is 5050. The van der Waals surface area contributed by atoms with Crippen LogP contribution in [-0.4, -0.2) is 178 Å². The van der Waals surface area contributed by atoms with E-state index in [9.17, 15) is 67.4 Å². The molecule has 5 aromatic heterocycles. The van der Waals surface area contributed by atoms with Crippen molar-refractivity contribution in [1.29, 1.82) is 0 Å². The van der Waals surface area contributed by atoms with Crippen LogP contribution in [0, 0.1) is 73.9 Å². The molecule has 9 aliphatic rings. The number of aliphatic carboxylic acids is 1. The number of Topliss-reactive ketones (excluding diaryl/α,β-unsaturated/α-hetero) is 7. The molecule has 34 heteroatoms. The molecule has 0 radical (unpaired) electrons. The number of amides is 6. The van der Waals surface area contributed by atoms with Crippen molar-refractivity contribution in [2.75, 3.05) is 19.6 Å². The Hall–Kier alpha value is -10.7. The number of rotatable bonds is 41. The van der Waals surface area contributed by atoms with Crippen molar-refractivity contribution >= 4 is 93.2 Å². The van der Waals surface area contributed by atoms with Crippen LogP contribution in [0.1, 0.15) is 321 Å². The quantitative estimate of drug-likeness (QED) is 0.0102. The Morgan fingerprint density at radius 1 is 0.409 bits per heavy atom. The fourth-order valence-corrected chi connectivity index (χ4v) is 21.1. The highest BCUT2D eigenvalue weighted by atomic mass is 16.4. The molecule has 0 bridgehead atoms. The standard InChI is InChI=1S/C33H52N6O4.C24H37N5O3.C22H32N4O4.C12H18N2O2.C12H16N2O2/c1-5-34-30(42)25-11-9-24(10-12-25)22-35-31(43)37-36-29(27(40)19-26-13-18-39(4)38-26)33(16-8-17-33)21-28(41)23(2)20-32(3)14-6-7-15-32;1-4-25-23(32)18-9-6-17(7-10-18)8-11-21(31)26-27-22(24(2)13-5-14-24)20(30)16-19-12-15-29(3)28-19;1-22(11-3-12-22)20(18(27)14-17-10-13-26(2)25-17)24-23-19(28)9-6-15-4-7-16(8-5-15)21(29)30;2*1-12(5-3-6-12)11(16)10(15)8-9-4-7-14(2)13-9/h13,18,23-25H,5-12,14-17,19-22H2,1-4H3,(H,34,42)(H2,35,37,43);12,15,17-18H,4-11,13-14,16H2,1-3H3,(H,25,32)(H,26,31);10,13,15-16H,3-9,11-12,14H2,1-2H3,(H,23,28)(H,29,30);4,7,11,16H,3,5-6,8H2,1-2H3;4,7H,3,5-6,8H2,1-2H3/b36-29+;27-22+;24-20+;;/t23-,24?,25?;;;;/m0..../s1. The van der Waals surface area contributed by atoms with Gasteiger partial charge >= 0.3 is 12.0 Å². The first kappa shape index (κ1) is 108. The highest BCUT2D eigenvalue weighted by Crippen LogP contribution is 2.50. The maximum atomic E-state index is 13.7. The van der Waals surface area contributed by atoms with Gasteiger partial charge in [0.05, 0.1) is 66.5 Å². The van der Waals surface area contributed by atoms with Crippen molar-refractivity contribution in [1.82, 2.24) is 81.1 Å². The summed E-state index contributed by atoms with van der Waals surface area (Å²) >= 11 is 0. The van der Waals surface area contributed by atoms with E-state index in [1.165, 1.54) is 25.7 Å². The van der Waals surface area contributed by atoms with E-state index in [2.05, 4.69) is 79.9 Å². The molecule has 5 heterocycles. The molecule has 9 saturated carbocycles. The van der Waals surface area contributed by atoms with Crippen molar-refractivity contribution in [3.8, 4) is 0 Å². The van der Waals surface area contributed by atoms with Gasteiger partial charge in [0.15, 0.2) is 23.1 Å². The van der Waals surface area contributed by atoms with Crippen LogP contribution in [0.2, 0.25) is 0 Å². The molecule has 9 fully saturated rings. The molecule has 6 amide bonds. The average molecular weight is 1900 g/mol. The van der Waals surface area contributed by atoms with E-state index in [1.54, 1.807) is 74.4 Å². The van der Waals surface area contributed by atoms with Gasteiger partial charge in [0.1, 0.15) is 29.0 Å². The van der Waals surface area contributed by atoms with Gasteiger partial charge in [0, 0.05) is 150 Å². The Labute approximate surface area is 807 Å². The van der Waals surface area contributed by atoms with E-state index < -0.39 is 23.5 Å². The van der Waals surface area contributed by atoms with Gasteiger partial charge in [0.25, 0.3) is 0 Å². The van der Waals surface area contributed by atoms with Crippen LogP contribution in [-0.2, 0) is 125 Å². The first-order chi connectivity index (χ1) is 65.1. The topological polar surface area (TPSA) is 461 Å². The number of aliphatic hydroxyl groups is 1. The predicted molar refractivity (Wildman–Crippen MR) is 520 cm³/mol. The van der Waals surface area contributed by atoms with Gasteiger partial charge in [0.2, 0.25) is 35.2 Å². The summed E-state index contributed by atoms with van der Waals surface area (Å²) in [5.41, 5.74) is 10.9. The lowest BCUT2D eigenvalue weighted by Gasteiger charge is -2.42. The predicted octanol–water partition coefficient (Wildman–Crippen LogP) is 13.0. The number of aryl methyl sites for hydroxylation is 5. The van der Waals surface area contributed by atoms with Crippen molar-refractivity contribution in [2.45, 2.75) is 331 Å². The van der Waals surface area contributed by atoms with E-state index in [0.29, 0.717) is 110 Å². The van der Waals surface area contributed by atoms with E-state index in [4.69, 9.17) is 5.11 Å². The second-order valence-electron chi connectivity index (χ2n) is 42.5. The summed E-state index contributed by atoms with van der Waals surface area (Å²) in [5, 5.41) is 62.0. The molecule has 8 N–H and O–H groups in total. The van der Waals surface area contributed by atoms with Gasteiger partial charge in [-0.05, 0) is 241 Å². The zero-order valence-corrected chi connectivity index (χ0v) is 83.7. The van der Waals surface area contributed by atoms with Crippen molar-refractivity contribution in [3.63, 3.8) is 0 Å². The summed E-state index contributed by atoms with van der Waals surface area (Å²) in [6.45, 7) is 17.9. The minimum atomic E-state index is -0.830. The summed E-state index contributed by atoms with van der Waals surface area (Å²) < 4.78 is 8.30. The first-order valence-electron chi connectivity index (χ1n) is 50.6. The zero-order valence-electron chi connectivity index (χ0n) is 83.7. The minimum Gasteiger partial charge on any atom is -0.481 e. The van der Waals surface area contributed by atoms with Crippen LogP contribution >= 0.6 is 0 Å². The molecule has 0 saturated heterocycles. The molecule has 0 aliphatic heterocycles. The van der Waals surface area contributed by atoms with E-state index >= 15 is 0 Å². The van der Waals surface area contributed by atoms with Gasteiger partial charge in [-0.2, -0.15) is 40.8 Å². The average Bonchev–Trinajstić information content (AvgIpc) is 1.10. The largest absolute Gasteiger partial charge is 0.481 e. The number of aromatic nitrogens is 10. The van der Waals surface area contributed by atoms with Crippen LogP contribution in [0.4, 0.5) is 4.79 Å². The summed E-state index contributed by atoms with van der Waals surface area (Å²) in [7, 11) is 9.05. The Kier molecular flexibility index (Phi) is 39.8. The number of hydrazone groups is 3. The van der Waals surface area contributed by atoms with Crippen molar-refractivity contribution < 1.29 is 72.5 Å². The summed E-state index contributed by atoms with van der Waals surface area (Å²) in [6, 6.07) is 8.58. The molecule has 34 nitrogen and oxygen atoms in total. The van der Waals surface area contributed by atoms with Gasteiger partial charge in [-0.1, -0.05) is 86.5 Å². The minimum absolute atomic E-state index is 0.0485. The number of ketones is 7. The number of carbonyl (C=O) groups is 13. The second kappa shape index (κ2) is 50.3. The smallest absolute Gasteiger partial charge is 0.335 e. The second-order valence-corrected chi connectivity index (χ2v) is 42.5. The number of carboxylic acids is 1. The molecule has 137 heavy (non-hydrogen) atoms. The number of urea groups is 1. The molecule has 1 unspecified atom stereocenters. The summed E-state index contributed by atoms with van der Waals surface area (Å²) in [4.78, 5) is 161. The number of carboxylic acid groups (broad SMARTS) is 1. The fraction of sp³-hybridized carbons (Fsp3) is 0.699. The molecular formula is C103H155N19O15. The summed E-state index contributed by atoms with van der Waals surface area (Å²) in [5.74, 6) is -0.626. The van der Waals surface area contributed by atoms with E-state index in [1.807, 2.05) is 94.0 Å². The molecule has 0 aromatic carbocycles. The van der Waals surface area contributed by atoms with Crippen LogP contribution in [0.3, 0.4) is 0 Å². The lowest BCUT2D eigenvalue weighted by molar-refractivity contribution is -0.144. The fourth-order valence-electron chi connectivity index (χ4n) is 21.1. The lowest BCUT2D eigenvalue weighted by Crippen LogP contribution is -2.47. The molecule has 14 rings (SSSR count). The Morgan fingerprint density at radius 2 is 0.759 bits per heavy atom. The monoisotopic (exact) mass is 1900 g/mol. The number of hydrogen-bond acceptors (Lipinski definition) is 22. The highest BCUT2D eigenvalue weighted by Gasteiger charge is 2.50. The van der Waals surface area contributed by atoms with E-state index in [-0.39, 0.29) is 159 Å². The number of aliphatic hydroxyl groups excluding tert-OH is 1. The van der Waals surface area contributed by atoms with Gasteiger partial charge < -0.3 is 26.2 Å². The van der Waals surface area contributed by atoms with Crippen molar-refractivity contribution in [3.05, 3.63) is 89.8 Å². The molecule has 0 spiro atoms.